The van der Waals surface area contributed by atoms with Crippen molar-refractivity contribution in [1.29, 1.82) is 0 Å². The van der Waals surface area contributed by atoms with Gasteiger partial charge in [0.25, 0.3) is 0 Å². The lowest BCUT2D eigenvalue weighted by atomic mass is 9.93. The lowest BCUT2D eigenvalue weighted by Crippen LogP contribution is -2.32. The fourth-order valence-corrected chi connectivity index (χ4v) is 3.10. The molecule has 0 fully saturated rings. The first-order valence-corrected chi connectivity index (χ1v) is 7.67. The van der Waals surface area contributed by atoms with Gasteiger partial charge in [0.1, 0.15) is 0 Å². The van der Waals surface area contributed by atoms with Crippen LogP contribution in [0.15, 0.2) is 30.5 Å². The summed E-state index contributed by atoms with van der Waals surface area (Å²) in [7, 11) is 1.92. The van der Waals surface area contributed by atoms with Crippen molar-refractivity contribution in [2.75, 3.05) is 0 Å². The molecular formula is C17H19N3O3. The first-order valence-electron chi connectivity index (χ1n) is 7.67. The quantitative estimate of drug-likeness (QED) is 0.902. The monoisotopic (exact) mass is 313 g/mol. The molecule has 6 heteroatoms. The Morgan fingerprint density at radius 1 is 1.43 bits per heavy atom. The lowest BCUT2D eigenvalue weighted by molar-refractivity contribution is -0.121. The molecule has 1 heterocycles. The maximum atomic E-state index is 12.3. The molecule has 1 aliphatic rings. The summed E-state index contributed by atoms with van der Waals surface area (Å²) in [6.07, 6.45) is 4.90. The first kappa shape index (κ1) is 15.3. The molecule has 23 heavy (non-hydrogen) atoms. The smallest absolute Gasteiger partial charge is 0.335 e. The molecule has 1 aliphatic carbocycles. The van der Waals surface area contributed by atoms with E-state index in [4.69, 9.17) is 5.11 Å². The van der Waals surface area contributed by atoms with Crippen molar-refractivity contribution in [1.82, 2.24) is 15.1 Å². The van der Waals surface area contributed by atoms with Gasteiger partial charge in [-0.2, -0.15) is 5.10 Å². The molecule has 0 spiro atoms. The number of nitrogens with one attached hydrogen (secondary N) is 1. The number of carbonyl (C=O) groups is 2. The molecular weight excluding hydrogens is 294 g/mol. The second kappa shape index (κ2) is 6.24. The number of amides is 1. The molecule has 0 radical (unpaired) electrons. The van der Waals surface area contributed by atoms with Crippen molar-refractivity contribution in [2.24, 2.45) is 7.05 Å². The topological polar surface area (TPSA) is 84.2 Å². The van der Waals surface area contributed by atoms with Crippen molar-refractivity contribution < 1.29 is 14.7 Å². The van der Waals surface area contributed by atoms with Crippen molar-refractivity contribution >= 4 is 11.9 Å². The SMILES string of the molecule is Cn1ncc2c1CCCC2NC(=O)Cc1cccc(C(=O)O)c1. The Labute approximate surface area is 134 Å². The number of rotatable bonds is 4. The Kier molecular flexibility index (Phi) is 4.14. The van der Waals surface area contributed by atoms with E-state index in [2.05, 4.69) is 10.4 Å². The summed E-state index contributed by atoms with van der Waals surface area (Å²) in [6, 6.07) is 6.47. The van der Waals surface area contributed by atoms with E-state index in [0.717, 1.165) is 24.8 Å². The minimum Gasteiger partial charge on any atom is -0.478 e. The standard InChI is InChI=1S/C17H19N3O3/c1-20-15-7-3-6-14(13(15)10-18-20)19-16(21)9-11-4-2-5-12(8-11)17(22)23/h2,4-5,8,10,14H,3,6-7,9H2,1H3,(H,19,21)(H,22,23). The van der Waals surface area contributed by atoms with E-state index in [9.17, 15) is 9.59 Å². The van der Waals surface area contributed by atoms with Crippen LogP contribution in [-0.4, -0.2) is 26.8 Å². The van der Waals surface area contributed by atoms with E-state index in [-0.39, 0.29) is 23.9 Å². The average Bonchev–Trinajstić information content (AvgIpc) is 2.90. The van der Waals surface area contributed by atoms with Crippen LogP contribution in [0.5, 0.6) is 0 Å². The summed E-state index contributed by atoms with van der Waals surface area (Å²) in [4.78, 5) is 23.3. The van der Waals surface area contributed by atoms with Crippen LogP contribution in [0, 0.1) is 0 Å². The van der Waals surface area contributed by atoms with Gasteiger partial charge in [-0.25, -0.2) is 4.79 Å². The van der Waals surface area contributed by atoms with Crippen LogP contribution in [0.2, 0.25) is 0 Å². The normalized spacial score (nSPS) is 16.7. The van der Waals surface area contributed by atoms with Gasteiger partial charge in [0.05, 0.1) is 24.2 Å². The molecule has 2 aromatic rings. The molecule has 6 nitrogen and oxygen atoms in total. The van der Waals surface area contributed by atoms with E-state index in [0.29, 0.717) is 5.56 Å². The summed E-state index contributed by atoms with van der Waals surface area (Å²) in [6.45, 7) is 0. The molecule has 1 aromatic heterocycles. The fraction of sp³-hybridized carbons (Fsp3) is 0.353. The number of carbonyl (C=O) groups excluding carboxylic acids is 1. The molecule has 2 N–H and O–H groups in total. The summed E-state index contributed by atoms with van der Waals surface area (Å²) < 4.78 is 1.87. The highest BCUT2D eigenvalue weighted by Crippen LogP contribution is 2.29. The maximum absolute atomic E-state index is 12.3. The van der Waals surface area contributed by atoms with Crippen LogP contribution in [0.1, 0.15) is 46.1 Å². The molecule has 0 saturated heterocycles. The highest BCUT2D eigenvalue weighted by molar-refractivity contribution is 5.88. The Morgan fingerprint density at radius 2 is 2.26 bits per heavy atom. The predicted molar refractivity (Wildman–Crippen MR) is 84.1 cm³/mol. The van der Waals surface area contributed by atoms with Gasteiger partial charge < -0.3 is 10.4 Å². The highest BCUT2D eigenvalue weighted by Gasteiger charge is 2.24. The van der Waals surface area contributed by atoms with Gasteiger partial charge in [-0.05, 0) is 37.0 Å². The number of aryl methyl sites for hydroxylation is 1. The molecule has 1 aromatic carbocycles. The minimum atomic E-state index is -0.987. The number of aromatic carboxylic acids is 1. The van der Waals surface area contributed by atoms with Crippen LogP contribution in [0.4, 0.5) is 0 Å². The van der Waals surface area contributed by atoms with E-state index in [1.54, 1.807) is 12.1 Å². The molecule has 0 bridgehead atoms. The summed E-state index contributed by atoms with van der Waals surface area (Å²) in [5, 5.41) is 16.3. The van der Waals surface area contributed by atoms with Crippen LogP contribution >= 0.6 is 0 Å². The third-order valence-electron chi connectivity index (χ3n) is 4.25. The zero-order chi connectivity index (χ0) is 16.4. The number of hydrogen-bond acceptors (Lipinski definition) is 3. The minimum absolute atomic E-state index is 0.0115. The van der Waals surface area contributed by atoms with Crippen molar-refractivity contribution in [3.8, 4) is 0 Å². The van der Waals surface area contributed by atoms with E-state index in [1.165, 1.54) is 17.8 Å². The van der Waals surface area contributed by atoms with E-state index in [1.807, 2.05) is 17.9 Å². The second-order valence-corrected chi connectivity index (χ2v) is 5.86. The van der Waals surface area contributed by atoms with Crippen LogP contribution in [0.3, 0.4) is 0 Å². The van der Waals surface area contributed by atoms with Gasteiger partial charge in [0, 0.05) is 18.3 Å². The highest BCUT2D eigenvalue weighted by atomic mass is 16.4. The van der Waals surface area contributed by atoms with E-state index >= 15 is 0 Å². The number of carboxylic acids is 1. The van der Waals surface area contributed by atoms with Crippen molar-refractivity contribution in [2.45, 2.75) is 31.7 Å². The Balaban J connectivity index is 1.69. The van der Waals surface area contributed by atoms with Gasteiger partial charge in [-0.3, -0.25) is 9.48 Å². The van der Waals surface area contributed by atoms with Crippen molar-refractivity contribution in [3.05, 3.63) is 52.8 Å². The number of benzene rings is 1. The summed E-state index contributed by atoms with van der Waals surface area (Å²) in [5.74, 6) is -1.09. The molecule has 120 valence electrons. The molecule has 3 rings (SSSR count). The predicted octanol–water partition coefficient (Wildman–Crippen LogP) is 1.85. The molecule has 1 unspecified atom stereocenters. The van der Waals surface area contributed by atoms with Crippen molar-refractivity contribution in [3.63, 3.8) is 0 Å². The van der Waals surface area contributed by atoms with E-state index < -0.39 is 5.97 Å². The summed E-state index contributed by atoms with van der Waals surface area (Å²) in [5.41, 5.74) is 3.16. The zero-order valence-electron chi connectivity index (χ0n) is 13.0. The van der Waals surface area contributed by atoms with Gasteiger partial charge >= 0.3 is 5.97 Å². The van der Waals surface area contributed by atoms with Crippen LogP contribution < -0.4 is 5.32 Å². The second-order valence-electron chi connectivity index (χ2n) is 5.86. The maximum Gasteiger partial charge on any atom is 0.335 e. The largest absolute Gasteiger partial charge is 0.478 e. The molecule has 0 saturated carbocycles. The zero-order valence-corrected chi connectivity index (χ0v) is 13.0. The Morgan fingerprint density at radius 3 is 3.04 bits per heavy atom. The number of carboxylic acid groups (broad SMARTS) is 1. The third kappa shape index (κ3) is 3.26. The van der Waals surface area contributed by atoms with Crippen LogP contribution in [0.25, 0.3) is 0 Å². The molecule has 1 amide bonds. The number of fused-ring (bicyclic) bond motifs is 1. The third-order valence-corrected chi connectivity index (χ3v) is 4.25. The number of hydrogen-bond donors (Lipinski definition) is 2. The Bertz CT molecular complexity index is 751. The number of aromatic nitrogens is 2. The first-order chi connectivity index (χ1) is 11.0. The van der Waals surface area contributed by atoms with Gasteiger partial charge in [0.2, 0.25) is 5.91 Å². The number of nitrogens with zero attached hydrogens (tertiary/aromatic N) is 2. The summed E-state index contributed by atoms with van der Waals surface area (Å²) >= 11 is 0. The average molecular weight is 313 g/mol. The Hall–Kier alpha value is -2.63. The molecule has 1 atom stereocenters. The van der Waals surface area contributed by atoms with Gasteiger partial charge in [0.15, 0.2) is 0 Å². The van der Waals surface area contributed by atoms with Gasteiger partial charge in [-0.1, -0.05) is 12.1 Å². The fourth-order valence-electron chi connectivity index (χ4n) is 3.10. The van der Waals surface area contributed by atoms with Crippen LogP contribution in [-0.2, 0) is 24.7 Å². The lowest BCUT2D eigenvalue weighted by Gasteiger charge is -2.23. The molecule has 0 aliphatic heterocycles. The van der Waals surface area contributed by atoms with Gasteiger partial charge in [-0.15, -0.1) is 0 Å².